The quantitative estimate of drug-likeness (QED) is 0.646. The van der Waals surface area contributed by atoms with Crippen LogP contribution in [0.4, 0.5) is 4.79 Å². The number of halogens is 1. The lowest BCUT2D eigenvalue weighted by atomic mass is 10.1. The van der Waals surface area contributed by atoms with Gasteiger partial charge in [-0.05, 0) is 32.0 Å². The van der Waals surface area contributed by atoms with E-state index in [-0.39, 0.29) is 18.5 Å². The first-order valence-electron chi connectivity index (χ1n) is 7.23. The molecule has 24 heavy (non-hydrogen) atoms. The third-order valence-corrected chi connectivity index (χ3v) is 4.50. The number of amides is 3. The van der Waals surface area contributed by atoms with Crippen LogP contribution in [0.3, 0.4) is 0 Å². The van der Waals surface area contributed by atoms with Gasteiger partial charge in [-0.1, -0.05) is 29.4 Å². The first-order chi connectivity index (χ1) is 11.4. The molecule has 1 aliphatic heterocycles. The normalized spacial score (nSPS) is 16.5. The molecule has 0 atom stereocenters. The van der Waals surface area contributed by atoms with Crippen molar-refractivity contribution in [3.63, 3.8) is 0 Å². The first kappa shape index (κ1) is 16.8. The molecule has 0 aliphatic carbocycles. The number of aromatic nitrogens is 2. The second-order valence-electron chi connectivity index (χ2n) is 5.74. The highest BCUT2D eigenvalue weighted by molar-refractivity contribution is 7.99. The summed E-state index contributed by atoms with van der Waals surface area (Å²) in [5.74, 6) is 0.598. The highest BCUT2D eigenvalue weighted by Gasteiger charge is 2.43. The van der Waals surface area contributed by atoms with Crippen LogP contribution in [0.25, 0.3) is 11.5 Å². The molecule has 3 rings (SSSR count). The van der Waals surface area contributed by atoms with E-state index in [1.807, 2.05) is 6.07 Å². The molecule has 0 unspecified atom stereocenters. The van der Waals surface area contributed by atoms with Crippen LogP contribution >= 0.6 is 23.4 Å². The largest absolute Gasteiger partial charge is 0.411 e. The Morgan fingerprint density at radius 1 is 1.33 bits per heavy atom. The van der Waals surface area contributed by atoms with Crippen molar-refractivity contribution in [2.24, 2.45) is 0 Å². The van der Waals surface area contributed by atoms with Crippen molar-refractivity contribution in [3.8, 4) is 11.5 Å². The predicted molar refractivity (Wildman–Crippen MR) is 89.8 cm³/mol. The predicted octanol–water partition coefficient (Wildman–Crippen LogP) is 2.81. The van der Waals surface area contributed by atoms with E-state index in [0.717, 1.165) is 5.56 Å². The molecule has 1 aromatic heterocycles. The molecule has 1 fully saturated rings. The molecule has 0 saturated carbocycles. The lowest BCUT2D eigenvalue weighted by molar-refractivity contribution is -0.130. The van der Waals surface area contributed by atoms with E-state index in [0.29, 0.717) is 21.9 Å². The summed E-state index contributed by atoms with van der Waals surface area (Å²) in [7, 11) is 0. The Balaban J connectivity index is 1.59. The molecule has 0 radical (unpaired) electrons. The number of hydrogen-bond donors (Lipinski definition) is 1. The lowest BCUT2D eigenvalue weighted by Gasteiger charge is -2.15. The van der Waals surface area contributed by atoms with Crippen molar-refractivity contribution in [2.45, 2.75) is 24.6 Å². The van der Waals surface area contributed by atoms with Gasteiger partial charge in [0, 0.05) is 22.9 Å². The number of carbonyl (C=O) groups excluding carboxylic acids is 2. The van der Waals surface area contributed by atoms with Crippen LogP contribution in [0.1, 0.15) is 13.8 Å². The van der Waals surface area contributed by atoms with Gasteiger partial charge in [0.05, 0.1) is 0 Å². The van der Waals surface area contributed by atoms with E-state index in [9.17, 15) is 9.59 Å². The van der Waals surface area contributed by atoms with Crippen molar-refractivity contribution in [3.05, 3.63) is 29.3 Å². The zero-order chi connectivity index (χ0) is 17.3. The van der Waals surface area contributed by atoms with Gasteiger partial charge < -0.3 is 9.73 Å². The molecule has 0 bridgehead atoms. The van der Waals surface area contributed by atoms with E-state index in [4.69, 9.17) is 16.0 Å². The summed E-state index contributed by atoms with van der Waals surface area (Å²) in [5.41, 5.74) is -0.121. The van der Waals surface area contributed by atoms with Gasteiger partial charge in [0.25, 0.3) is 11.1 Å². The standard InChI is InChI=1S/C15H15ClN4O3S/c1-15(2)12(21)20(13(22)17-15)6-7-24-14-19-18-11(23-14)9-4-3-5-10(16)8-9/h3-5,8H,6-7H2,1-2H3,(H,17,22). The van der Waals surface area contributed by atoms with Gasteiger partial charge in [-0.25, -0.2) is 4.79 Å². The van der Waals surface area contributed by atoms with Crippen molar-refractivity contribution in [1.29, 1.82) is 0 Å². The molecule has 2 aromatic rings. The maximum atomic E-state index is 12.1. The van der Waals surface area contributed by atoms with Gasteiger partial charge in [-0.3, -0.25) is 9.69 Å². The fraction of sp³-hybridized carbons (Fsp3) is 0.333. The van der Waals surface area contributed by atoms with Crippen LogP contribution in [0.5, 0.6) is 0 Å². The van der Waals surface area contributed by atoms with Crippen LogP contribution in [0.15, 0.2) is 33.9 Å². The summed E-state index contributed by atoms with van der Waals surface area (Å²) in [4.78, 5) is 25.1. The smallest absolute Gasteiger partial charge is 0.325 e. The fourth-order valence-electron chi connectivity index (χ4n) is 2.25. The maximum absolute atomic E-state index is 12.1. The molecule has 1 saturated heterocycles. The Labute approximate surface area is 147 Å². The molecule has 7 nitrogen and oxygen atoms in total. The molecular weight excluding hydrogens is 352 g/mol. The van der Waals surface area contributed by atoms with Crippen molar-refractivity contribution in [1.82, 2.24) is 20.4 Å². The van der Waals surface area contributed by atoms with Crippen LogP contribution in [0.2, 0.25) is 5.02 Å². The van der Waals surface area contributed by atoms with E-state index in [1.54, 1.807) is 32.0 Å². The van der Waals surface area contributed by atoms with Crippen LogP contribution in [-0.2, 0) is 4.79 Å². The topological polar surface area (TPSA) is 88.3 Å². The van der Waals surface area contributed by atoms with E-state index < -0.39 is 5.54 Å². The minimum absolute atomic E-state index is 0.238. The molecule has 1 aromatic carbocycles. The van der Waals surface area contributed by atoms with Crippen molar-refractivity contribution < 1.29 is 14.0 Å². The van der Waals surface area contributed by atoms with Crippen LogP contribution in [-0.4, -0.2) is 44.9 Å². The summed E-state index contributed by atoms with van der Waals surface area (Å²) < 4.78 is 5.56. The fourth-order valence-corrected chi connectivity index (χ4v) is 3.13. The summed E-state index contributed by atoms with van der Waals surface area (Å²) in [6, 6.07) is 6.74. The monoisotopic (exact) mass is 366 g/mol. The molecule has 1 aliphatic rings. The van der Waals surface area contributed by atoms with Crippen LogP contribution < -0.4 is 5.32 Å². The second kappa shape index (κ2) is 6.45. The minimum Gasteiger partial charge on any atom is -0.411 e. The van der Waals surface area contributed by atoms with Crippen molar-refractivity contribution in [2.75, 3.05) is 12.3 Å². The Kier molecular flexibility index (Phi) is 4.51. The van der Waals surface area contributed by atoms with Gasteiger partial charge >= 0.3 is 6.03 Å². The molecule has 1 N–H and O–H groups in total. The summed E-state index contributed by atoms with van der Waals surface area (Å²) in [5, 5.41) is 11.5. The summed E-state index contributed by atoms with van der Waals surface area (Å²) in [6.07, 6.45) is 0. The average molecular weight is 367 g/mol. The van der Waals surface area contributed by atoms with E-state index in [1.165, 1.54) is 16.7 Å². The SMILES string of the molecule is CC1(C)NC(=O)N(CCSc2nnc(-c3cccc(Cl)c3)o2)C1=O. The van der Waals surface area contributed by atoms with Gasteiger partial charge in [-0.2, -0.15) is 0 Å². The van der Waals surface area contributed by atoms with Crippen LogP contribution in [0, 0.1) is 0 Å². The summed E-state index contributed by atoms with van der Waals surface area (Å²) in [6.45, 7) is 3.62. The third-order valence-electron chi connectivity index (χ3n) is 3.46. The molecule has 126 valence electrons. The highest BCUT2D eigenvalue weighted by Crippen LogP contribution is 2.25. The number of urea groups is 1. The number of rotatable bonds is 5. The van der Waals surface area contributed by atoms with Crippen molar-refractivity contribution >= 4 is 35.3 Å². The number of nitrogens with zero attached hydrogens (tertiary/aromatic N) is 3. The summed E-state index contributed by atoms with van der Waals surface area (Å²) >= 11 is 7.22. The Morgan fingerprint density at radius 2 is 2.12 bits per heavy atom. The molecule has 0 spiro atoms. The molecule has 3 amide bonds. The zero-order valence-corrected chi connectivity index (χ0v) is 14.6. The second-order valence-corrected chi connectivity index (χ2v) is 7.23. The number of imide groups is 1. The Hall–Kier alpha value is -2.06. The number of benzene rings is 1. The Bertz CT molecular complexity index is 793. The first-order valence-corrected chi connectivity index (χ1v) is 8.59. The van der Waals surface area contributed by atoms with Gasteiger partial charge in [-0.15, -0.1) is 10.2 Å². The third kappa shape index (κ3) is 3.39. The van der Waals surface area contributed by atoms with Gasteiger partial charge in [0.2, 0.25) is 5.89 Å². The minimum atomic E-state index is -0.855. The van der Waals surface area contributed by atoms with E-state index in [2.05, 4.69) is 15.5 Å². The average Bonchev–Trinajstić information content (AvgIpc) is 3.05. The number of carbonyl (C=O) groups is 2. The van der Waals surface area contributed by atoms with Gasteiger partial charge in [0.15, 0.2) is 0 Å². The molecule has 9 heteroatoms. The number of thioether (sulfide) groups is 1. The Morgan fingerprint density at radius 3 is 2.79 bits per heavy atom. The maximum Gasteiger partial charge on any atom is 0.325 e. The highest BCUT2D eigenvalue weighted by atomic mass is 35.5. The van der Waals surface area contributed by atoms with E-state index >= 15 is 0 Å². The number of nitrogens with one attached hydrogen (secondary N) is 1. The molecular formula is C15H15ClN4O3S. The number of hydrogen-bond acceptors (Lipinski definition) is 6. The zero-order valence-electron chi connectivity index (χ0n) is 13.1. The lowest BCUT2D eigenvalue weighted by Crippen LogP contribution is -2.40. The van der Waals surface area contributed by atoms with Gasteiger partial charge in [0.1, 0.15) is 5.54 Å². The molecule has 2 heterocycles.